The van der Waals surface area contributed by atoms with Crippen LogP contribution in [0.1, 0.15) is 23.8 Å². The van der Waals surface area contributed by atoms with Gasteiger partial charge in [0.25, 0.3) is 5.91 Å². The largest absolute Gasteiger partial charge is 0.392 e. The van der Waals surface area contributed by atoms with Gasteiger partial charge in [-0.05, 0) is 24.6 Å². The van der Waals surface area contributed by atoms with Crippen molar-refractivity contribution < 1.29 is 9.90 Å². The van der Waals surface area contributed by atoms with E-state index in [-0.39, 0.29) is 12.0 Å². The van der Waals surface area contributed by atoms with Gasteiger partial charge in [-0.3, -0.25) is 9.69 Å². The lowest BCUT2D eigenvalue weighted by Crippen LogP contribution is -2.50. The van der Waals surface area contributed by atoms with E-state index in [1.54, 1.807) is 10.7 Å². The van der Waals surface area contributed by atoms with Crippen molar-refractivity contribution in [2.24, 2.45) is 0 Å². The maximum absolute atomic E-state index is 12.6. The number of para-hydroxylation sites is 1. The number of carbonyl (C=O) groups excluding carboxylic acids is 1. The molecule has 1 aromatic heterocycles. The van der Waals surface area contributed by atoms with E-state index in [1.165, 1.54) is 0 Å². The number of piperazine rings is 1. The average molecular weight is 328 g/mol. The van der Waals surface area contributed by atoms with Crippen molar-refractivity contribution >= 4 is 5.91 Å². The van der Waals surface area contributed by atoms with Crippen molar-refractivity contribution in [1.82, 2.24) is 19.6 Å². The molecule has 0 saturated carbocycles. The maximum atomic E-state index is 12.6. The summed E-state index contributed by atoms with van der Waals surface area (Å²) in [6, 6.07) is 11.5. The quantitative estimate of drug-likeness (QED) is 0.901. The van der Waals surface area contributed by atoms with Crippen molar-refractivity contribution in [3.8, 4) is 5.69 Å². The van der Waals surface area contributed by atoms with Crippen molar-refractivity contribution in [2.75, 3.05) is 32.7 Å². The van der Waals surface area contributed by atoms with Gasteiger partial charge in [-0.2, -0.15) is 5.10 Å². The molecule has 6 heteroatoms. The molecule has 128 valence electrons. The van der Waals surface area contributed by atoms with Crippen molar-refractivity contribution in [3.63, 3.8) is 0 Å². The van der Waals surface area contributed by atoms with Gasteiger partial charge >= 0.3 is 0 Å². The summed E-state index contributed by atoms with van der Waals surface area (Å²) in [5.41, 5.74) is 1.41. The number of rotatable bonds is 5. The molecular weight excluding hydrogens is 304 g/mol. The maximum Gasteiger partial charge on any atom is 0.274 e. The first-order valence-corrected chi connectivity index (χ1v) is 8.48. The molecule has 2 aromatic rings. The molecule has 1 N–H and O–H groups in total. The third-order valence-electron chi connectivity index (χ3n) is 4.43. The molecule has 0 bridgehead atoms. The van der Waals surface area contributed by atoms with Crippen molar-refractivity contribution in [3.05, 3.63) is 48.3 Å². The molecule has 2 heterocycles. The van der Waals surface area contributed by atoms with Gasteiger partial charge in [-0.25, -0.2) is 4.68 Å². The predicted octanol–water partition coefficient (Wildman–Crippen LogP) is 1.40. The summed E-state index contributed by atoms with van der Waals surface area (Å²) in [6.45, 7) is 5.60. The van der Waals surface area contributed by atoms with Crippen LogP contribution in [0.5, 0.6) is 0 Å². The Morgan fingerprint density at radius 2 is 1.88 bits per heavy atom. The molecule has 1 aliphatic rings. The Hall–Kier alpha value is -2.18. The van der Waals surface area contributed by atoms with Crippen LogP contribution in [-0.4, -0.2) is 69.4 Å². The Morgan fingerprint density at radius 1 is 1.17 bits per heavy atom. The van der Waals surface area contributed by atoms with Gasteiger partial charge < -0.3 is 10.0 Å². The van der Waals surface area contributed by atoms with Gasteiger partial charge in [-0.1, -0.05) is 25.1 Å². The second-order valence-electron chi connectivity index (χ2n) is 6.14. The second kappa shape index (κ2) is 7.59. The van der Waals surface area contributed by atoms with E-state index < -0.39 is 0 Å². The Balaban J connectivity index is 1.59. The molecule has 24 heavy (non-hydrogen) atoms. The van der Waals surface area contributed by atoms with E-state index in [9.17, 15) is 9.90 Å². The lowest BCUT2D eigenvalue weighted by molar-refractivity contribution is 0.0519. The number of hydrogen-bond donors (Lipinski definition) is 1. The highest BCUT2D eigenvalue weighted by molar-refractivity contribution is 5.92. The first-order chi connectivity index (χ1) is 11.7. The molecule has 0 aliphatic carbocycles. The number of aliphatic hydroxyl groups excluding tert-OH is 1. The zero-order chi connectivity index (χ0) is 16.9. The monoisotopic (exact) mass is 328 g/mol. The van der Waals surface area contributed by atoms with Gasteiger partial charge in [0.15, 0.2) is 5.69 Å². The second-order valence-corrected chi connectivity index (χ2v) is 6.14. The van der Waals surface area contributed by atoms with Crippen LogP contribution in [0.4, 0.5) is 0 Å². The van der Waals surface area contributed by atoms with E-state index in [2.05, 4.69) is 10.00 Å². The van der Waals surface area contributed by atoms with Crippen LogP contribution >= 0.6 is 0 Å². The van der Waals surface area contributed by atoms with Crippen molar-refractivity contribution in [2.45, 2.75) is 19.4 Å². The first kappa shape index (κ1) is 16.7. The molecule has 1 saturated heterocycles. The Kier molecular flexibility index (Phi) is 5.27. The minimum absolute atomic E-state index is 0.0274. The van der Waals surface area contributed by atoms with Gasteiger partial charge in [0.1, 0.15) is 0 Å². The number of nitrogens with zero attached hydrogens (tertiary/aromatic N) is 4. The van der Waals surface area contributed by atoms with Gasteiger partial charge in [0.05, 0.1) is 11.8 Å². The standard InChI is InChI=1S/C18H24N4O2/c1-2-16(23)14-20-10-12-21(13-11-20)18(24)17-8-9-22(19-17)15-6-4-3-5-7-15/h3-9,16,23H,2,10-14H2,1H3/t16-/m0/s1. The zero-order valence-corrected chi connectivity index (χ0v) is 14.0. The lowest BCUT2D eigenvalue weighted by Gasteiger charge is -2.35. The summed E-state index contributed by atoms with van der Waals surface area (Å²) < 4.78 is 1.72. The summed E-state index contributed by atoms with van der Waals surface area (Å²) in [6.07, 6.45) is 2.29. The average Bonchev–Trinajstić information content (AvgIpc) is 3.12. The van der Waals surface area contributed by atoms with Gasteiger partial charge in [-0.15, -0.1) is 0 Å². The normalized spacial score (nSPS) is 17.0. The van der Waals surface area contributed by atoms with Gasteiger partial charge in [0, 0.05) is 38.9 Å². The van der Waals surface area contributed by atoms with Crippen LogP contribution in [0.15, 0.2) is 42.6 Å². The molecule has 1 atom stereocenters. The summed E-state index contributed by atoms with van der Waals surface area (Å²) >= 11 is 0. The smallest absolute Gasteiger partial charge is 0.274 e. The van der Waals surface area contributed by atoms with E-state index in [1.807, 2.05) is 48.4 Å². The zero-order valence-electron chi connectivity index (χ0n) is 14.0. The topological polar surface area (TPSA) is 61.6 Å². The molecule has 3 rings (SSSR count). The van der Waals surface area contributed by atoms with Crippen molar-refractivity contribution in [1.29, 1.82) is 0 Å². The van der Waals surface area contributed by atoms with Crippen LogP contribution in [0.3, 0.4) is 0 Å². The van der Waals surface area contributed by atoms with Crippen LogP contribution < -0.4 is 0 Å². The summed E-state index contributed by atoms with van der Waals surface area (Å²) in [5.74, 6) is -0.0274. The lowest BCUT2D eigenvalue weighted by atomic mass is 10.2. The molecule has 0 spiro atoms. The summed E-state index contributed by atoms with van der Waals surface area (Å²) in [7, 11) is 0. The highest BCUT2D eigenvalue weighted by Gasteiger charge is 2.24. The fourth-order valence-electron chi connectivity index (χ4n) is 2.89. The molecule has 1 aromatic carbocycles. The van der Waals surface area contributed by atoms with Crippen LogP contribution in [0.25, 0.3) is 5.69 Å². The minimum atomic E-state index is -0.283. The predicted molar refractivity (Wildman–Crippen MR) is 92.2 cm³/mol. The molecule has 1 aliphatic heterocycles. The van der Waals surface area contributed by atoms with E-state index in [4.69, 9.17) is 0 Å². The Bertz CT molecular complexity index is 663. The molecule has 1 amide bonds. The third-order valence-corrected chi connectivity index (χ3v) is 4.43. The molecular formula is C18H24N4O2. The van der Waals surface area contributed by atoms with Crippen LogP contribution in [0, 0.1) is 0 Å². The SMILES string of the molecule is CC[C@H](O)CN1CCN(C(=O)c2ccn(-c3ccccc3)n2)CC1. The summed E-state index contributed by atoms with van der Waals surface area (Å²) in [4.78, 5) is 16.7. The highest BCUT2D eigenvalue weighted by Crippen LogP contribution is 2.11. The number of benzene rings is 1. The van der Waals surface area contributed by atoms with E-state index >= 15 is 0 Å². The van der Waals surface area contributed by atoms with Gasteiger partial charge in [0.2, 0.25) is 0 Å². The number of hydrogen-bond acceptors (Lipinski definition) is 4. The highest BCUT2D eigenvalue weighted by atomic mass is 16.3. The van der Waals surface area contributed by atoms with Crippen LogP contribution in [-0.2, 0) is 0 Å². The molecule has 1 fully saturated rings. The molecule has 0 radical (unpaired) electrons. The minimum Gasteiger partial charge on any atom is -0.392 e. The fourth-order valence-corrected chi connectivity index (χ4v) is 2.89. The summed E-state index contributed by atoms with van der Waals surface area (Å²) in [5, 5.41) is 14.1. The number of amides is 1. The fraction of sp³-hybridized carbons (Fsp3) is 0.444. The number of aromatic nitrogens is 2. The van der Waals surface area contributed by atoms with E-state index in [0.717, 1.165) is 25.2 Å². The Morgan fingerprint density at radius 3 is 2.54 bits per heavy atom. The molecule has 0 unspecified atom stereocenters. The number of aliphatic hydroxyl groups is 1. The third kappa shape index (κ3) is 3.83. The van der Waals surface area contributed by atoms with Crippen LogP contribution in [0.2, 0.25) is 0 Å². The first-order valence-electron chi connectivity index (χ1n) is 8.48. The Labute approximate surface area is 142 Å². The molecule has 6 nitrogen and oxygen atoms in total. The van der Waals surface area contributed by atoms with E-state index in [0.29, 0.717) is 25.3 Å². The number of β-amino-alcohol motifs (C(OH)–C–C–N with tert-alkyl or cyclic N) is 1. The number of carbonyl (C=O) groups is 1.